The molecular weight excluding hydrogens is 320 g/mol. The van der Waals surface area contributed by atoms with Crippen molar-refractivity contribution >= 4 is 16.1 Å². The lowest BCUT2D eigenvalue weighted by molar-refractivity contribution is 0.0535. The van der Waals surface area contributed by atoms with E-state index in [1.54, 1.807) is 12.1 Å². The van der Waals surface area contributed by atoms with E-state index in [0.717, 1.165) is 5.56 Å². The van der Waals surface area contributed by atoms with Crippen LogP contribution < -0.4 is 8.92 Å². The van der Waals surface area contributed by atoms with Gasteiger partial charge >= 0.3 is 16.1 Å². The number of methoxy groups -OCH3 is 1. The lowest BCUT2D eigenvalue weighted by Crippen LogP contribution is -2.11. The van der Waals surface area contributed by atoms with Gasteiger partial charge in [0.05, 0.1) is 12.7 Å². The van der Waals surface area contributed by atoms with Gasteiger partial charge in [0.2, 0.25) is 0 Å². The zero-order valence-corrected chi connectivity index (χ0v) is 13.3. The average Bonchev–Trinajstić information content (AvgIpc) is 2.87. The number of carbonyl (C=O) groups is 1. The van der Waals surface area contributed by atoms with Crippen LogP contribution in [0.3, 0.4) is 0 Å². The van der Waals surface area contributed by atoms with Crippen LogP contribution in [0.2, 0.25) is 0 Å². The number of benzene rings is 2. The molecule has 0 saturated heterocycles. The van der Waals surface area contributed by atoms with Crippen LogP contribution in [0, 0.1) is 6.92 Å². The van der Waals surface area contributed by atoms with Crippen molar-refractivity contribution < 1.29 is 26.9 Å². The first-order chi connectivity index (χ1) is 10.9. The van der Waals surface area contributed by atoms with Crippen LogP contribution in [0.5, 0.6) is 11.5 Å². The smallest absolute Gasteiger partial charge is 0.339 e. The number of ether oxygens (including phenoxy) is 2. The maximum absolute atomic E-state index is 12.4. The number of cyclic esters (lactones) is 1. The summed E-state index contributed by atoms with van der Waals surface area (Å²) in [6.45, 7) is 1.94. The minimum absolute atomic E-state index is 0.0186. The Morgan fingerprint density at radius 2 is 1.78 bits per heavy atom. The molecule has 0 bridgehead atoms. The molecule has 3 rings (SSSR count). The highest BCUT2D eigenvalue weighted by atomic mass is 32.2. The Morgan fingerprint density at radius 3 is 2.43 bits per heavy atom. The lowest BCUT2D eigenvalue weighted by Gasteiger charge is -2.12. The van der Waals surface area contributed by atoms with Crippen LogP contribution in [0.25, 0.3) is 0 Å². The van der Waals surface area contributed by atoms with E-state index in [4.69, 9.17) is 13.7 Å². The summed E-state index contributed by atoms with van der Waals surface area (Å²) in [6, 6.07) is 9.18. The van der Waals surface area contributed by atoms with E-state index in [-0.39, 0.29) is 23.0 Å². The molecule has 0 N–H and O–H groups in total. The van der Waals surface area contributed by atoms with Crippen LogP contribution in [-0.4, -0.2) is 21.5 Å². The summed E-state index contributed by atoms with van der Waals surface area (Å²) in [5.74, 6) is -0.297. The highest BCUT2D eigenvalue weighted by molar-refractivity contribution is 7.87. The molecule has 1 aliphatic heterocycles. The Labute approximate surface area is 133 Å². The summed E-state index contributed by atoms with van der Waals surface area (Å²) in [4.78, 5) is 11.6. The van der Waals surface area contributed by atoms with E-state index in [2.05, 4.69) is 0 Å². The molecule has 2 aromatic carbocycles. The van der Waals surface area contributed by atoms with Gasteiger partial charge in [-0.25, -0.2) is 4.79 Å². The van der Waals surface area contributed by atoms with Gasteiger partial charge in [-0.1, -0.05) is 17.7 Å². The molecule has 7 heteroatoms. The van der Waals surface area contributed by atoms with Gasteiger partial charge in [-0.05, 0) is 31.2 Å². The summed E-state index contributed by atoms with van der Waals surface area (Å²) in [7, 11) is -2.63. The van der Waals surface area contributed by atoms with E-state index < -0.39 is 16.1 Å². The molecule has 0 aliphatic carbocycles. The minimum atomic E-state index is -4.00. The second-order valence-electron chi connectivity index (χ2n) is 5.09. The Kier molecular flexibility index (Phi) is 3.73. The van der Waals surface area contributed by atoms with Gasteiger partial charge in [-0.3, -0.25) is 0 Å². The first kappa shape index (κ1) is 15.4. The van der Waals surface area contributed by atoms with Crippen molar-refractivity contribution in [3.63, 3.8) is 0 Å². The first-order valence-corrected chi connectivity index (χ1v) is 8.21. The summed E-state index contributed by atoms with van der Waals surface area (Å²) in [6.07, 6.45) is 0. The van der Waals surface area contributed by atoms with Crippen LogP contribution >= 0.6 is 0 Å². The van der Waals surface area contributed by atoms with Crippen molar-refractivity contribution in [1.29, 1.82) is 0 Å². The van der Waals surface area contributed by atoms with E-state index >= 15 is 0 Å². The fraction of sp³-hybridized carbons (Fsp3) is 0.188. The highest BCUT2D eigenvalue weighted by Crippen LogP contribution is 2.35. The molecule has 0 spiro atoms. The molecule has 0 amide bonds. The molecule has 0 saturated carbocycles. The molecule has 23 heavy (non-hydrogen) atoms. The molecule has 0 unspecified atom stereocenters. The predicted molar refractivity (Wildman–Crippen MR) is 81.1 cm³/mol. The van der Waals surface area contributed by atoms with Crippen LogP contribution in [0.4, 0.5) is 0 Å². The van der Waals surface area contributed by atoms with Crippen molar-refractivity contribution in [2.75, 3.05) is 7.11 Å². The molecule has 1 heterocycles. The van der Waals surface area contributed by atoms with Crippen molar-refractivity contribution in [2.24, 2.45) is 0 Å². The standard InChI is InChI=1S/C16H14O6S/c1-10-3-5-12(6-4-10)23(18,19)22-15-7-11-9-21-16(17)13(11)8-14(15)20-2/h3-8H,9H2,1-2H3. The maximum Gasteiger partial charge on any atom is 0.339 e. The normalized spacial score (nSPS) is 13.4. The van der Waals surface area contributed by atoms with Gasteiger partial charge < -0.3 is 13.7 Å². The summed E-state index contributed by atoms with van der Waals surface area (Å²) >= 11 is 0. The third-order valence-electron chi connectivity index (χ3n) is 3.48. The number of fused-ring (bicyclic) bond motifs is 1. The van der Waals surface area contributed by atoms with Crippen LogP contribution in [0.1, 0.15) is 21.5 Å². The summed E-state index contributed by atoms with van der Waals surface area (Å²) in [5, 5.41) is 0. The number of aryl methyl sites for hydroxylation is 1. The Bertz CT molecular complexity index is 868. The van der Waals surface area contributed by atoms with Gasteiger partial charge in [0.25, 0.3) is 0 Å². The van der Waals surface area contributed by atoms with Crippen LogP contribution in [-0.2, 0) is 21.5 Å². The van der Waals surface area contributed by atoms with E-state index in [1.165, 1.54) is 31.4 Å². The maximum atomic E-state index is 12.4. The number of carbonyl (C=O) groups excluding carboxylic acids is 1. The summed E-state index contributed by atoms with van der Waals surface area (Å²) < 4.78 is 40.0. The lowest BCUT2D eigenvalue weighted by atomic mass is 10.1. The zero-order valence-electron chi connectivity index (χ0n) is 12.5. The molecule has 0 atom stereocenters. The van der Waals surface area contributed by atoms with Crippen molar-refractivity contribution in [3.05, 3.63) is 53.1 Å². The number of rotatable bonds is 4. The molecule has 1 aliphatic rings. The van der Waals surface area contributed by atoms with Crippen LogP contribution in [0.15, 0.2) is 41.3 Å². The molecule has 2 aromatic rings. The van der Waals surface area contributed by atoms with Gasteiger partial charge in [-0.2, -0.15) is 8.42 Å². The fourth-order valence-corrected chi connectivity index (χ4v) is 3.16. The van der Waals surface area contributed by atoms with E-state index in [0.29, 0.717) is 11.1 Å². The quantitative estimate of drug-likeness (QED) is 0.631. The Morgan fingerprint density at radius 1 is 1.09 bits per heavy atom. The Balaban J connectivity index is 1.99. The minimum Gasteiger partial charge on any atom is -0.493 e. The highest BCUT2D eigenvalue weighted by Gasteiger charge is 2.26. The average molecular weight is 334 g/mol. The van der Waals surface area contributed by atoms with E-state index in [9.17, 15) is 13.2 Å². The molecule has 6 nitrogen and oxygen atoms in total. The topological polar surface area (TPSA) is 78.9 Å². The monoisotopic (exact) mass is 334 g/mol. The van der Waals surface area contributed by atoms with Gasteiger partial charge in [0.1, 0.15) is 11.5 Å². The molecule has 120 valence electrons. The van der Waals surface area contributed by atoms with Gasteiger partial charge in [-0.15, -0.1) is 0 Å². The largest absolute Gasteiger partial charge is 0.493 e. The van der Waals surface area contributed by atoms with Crippen molar-refractivity contribution in [2.45, 2.75) is 18.4 Å². The second-order valence-corrected chi connectivity index (χ2v) is 6.63. The number of esters is 1. The zero-order chi connectivity index (χ0) is 16.6. The number of hydrogen-bond acceptors (Lipinski definition) is 6. The molecule has 0 radical (unpaired) electrons. The van der Waals surface area contributed by atoms with E-state index in [1.807, 2.05) is 6.92 Å². The van der Waals surface area contributed by atoms with Gasteiger partial charge in [0.15, 0.2) is 11.5 Å². The molecule has 0 aromatic heterocycles. The second kappa shape index (κ2) is 5.58. The summed E-state index contributed by atoms with van der Waals surface area (Å²) in [5.41, 5.74) is 1.85. The van der Waals surface area contributed by atoms with Crippen molar-refractivity contribution in [3.8, 4) is 11.5 Å². The third-order valence-corrected chi connectivity index (χ3v) is 4.73. The third kappa shape index (κ3) is 2.87. The Hall–Kier alpha value is -2.54. The number of hydrogen-bond donors (Lipinski definition) is 0. The van der Waals surface area contributed by atoms with Gasteiger partial charge in [0, 0.05) is 5.56 Å². The first-order valence-electron chi connectivity index (χ1n) is 6.80. The molecule has 0 fully saturated rings. The predicted octanol–water partition coefficient (Wildman–Crippen LogP) is 2.44. The fourth-order valence-electron chi connectivity index (χ4n) is 2.23. The van der Waals surface area contributed by atoms with Crippen molar-refractivity contribution in [1.82, 2.24) is 0 Å². The molecular formula is C16H14O6S. The SMILES string of the molecule is COc1cc2c(cc1OS(=O)(=O)c1ccc(C)cc1)COC2=O.